The summed E-state index contributed by atoms with van der Waals surface area (Å²) in [6.07, 6.45) is 0. The Morgan fingerprint density at radius 2 is 0.678 bits per heavy atom. The molecule has 0 bridgehead atoms. The minimum Gasteiger partial charge on any atom is -0.449 e. The van der Waals surface area contributed by atoms with E-state index in [1.807, 2.05) is 24.3 Å². The maximum atomic E-state index is 6.82. The molecular formula is C54H38N2O2Si. The van der Waals surface area contributed by atoms with Crippen molar-refractivity contribution < 1.29 is 9.47 Å². The second-order valence-electron chi connectivity index (χ2n) is 14.9. The van der Waals surface area contributed by atoms with Gasteiger partial charge in [-0.25, -0.2) is 0 Å². The molecule has 280 valence electrons. The Morgan fingerprint density at radius 1 is 0.288 bits per heavy atom. The van der Waals surface area contributed by atoms with Crippen LogP contribution in [0.4, 0.5) is 34.1 Å². The average Bonchev–Trinajstić information content (AvgIpc) is 3.62. The third-order valence-corrected chi connectivity index (χ3v) is 16.4. The summed E-state index contributed by atoms with van der Waals surface area (Å²) in [6.45, 7) is 0. The van der Waals surface area contributed by atoms with Crippen LogP contribution >= 0.6 is 0 Å². The highest BCUT2D eigenvalue weighted by molar-refractivity contribution is 7.22. The normalized spacial score (nSPS) is 12.8. The minimum atomic E-state index is -2.98. The van der Waals surface area contributed by atoms with Crippen LogP contribution < -0.4 is 40.0 Å². The Morgan fingerprint density at radius 3 is 1.15 bits per heavy atom. The predicted molar refractivity (Wildman–Crippen MR) is 245 cm³/mol. The molecular weight excluding hydrogens is 737 g/mol. The highest BCUT2D eigenvalue weighted by atomic mass is 28.3. The third-order valence-electron chi connectivity index (χ3n) is 11.6. The standard InChI is InChI=1S/C54H38N2O2Si/c1-5-17-39(18-6-1)55(40-19-7-2-8-20-40)43-29-33-45(34-30-43)59(46-35-31-44(32-36-46)56(41-21-9-3-10-22-41)42-23-11-4-12-24-42)51-28-16-13-25-47(51)53-52(59)38-37-50-54(53)58-49-27-15-14-26-48(49)57-50/h1-38H. The van der Waals surface area contributed by atoms with Crippen molar-refractivity contribution in [3.8, 4) is 34.1 Å². The zero-order valence-corrected chi connectivity index (χ0v) is 33.2. The average molecular weight is 775 g/mol. The summed E-state index contributed by atoms with van der Waals surface area (Å²) in [7, 11) is -2.98. The highest BCUT2D eigenvalue weighted by Gasteiger charge is 2.50. The Hall–Kier alpha value is -7.60. The number of hydrogen-bond acceptors (Lipinski definition) is 4. The molecule has 4 nitrogen and oxygen atoms in total. The number of nitrogens with zero attached hydrogens (tertiary/aromatic N) is 2. The first-order valence-corrected chi connectivity index (χ1v) is 22.0. The lowest BCUT2D eigenvalue weighted by Crippen LogP contribution is -2.72. The van der Waals surface area contributed by atoms with E-state index in [0.29, 0.717) is 0 Å². The summed E-state index contributed by atoms with van der Waals surface area (Å²) >= 11 is 0. The molecule has 59 heavy (non-hydrogen) atoms. The first kappa shape index (κ1) is 34.6. The molecule has 9 aromatic carbocycles. The van der Waals surface area contributed by atoms with E-state index in [2.05, 4.69) is 216 Å². The molecule has 9 aromatic rings. The van der Waals surface area contributed by atoms with Crippen LogP contribution in [0.2, 0.25) is 0 Å². The van der Waals surface area contributed by atoms with Gasteiger partial charge in [-0.1, -0.05) is 140 Å². The van der Waals surface area contributed by atoms with E-state index in [4.69, 9.17) is 9.47 Å². The zero-order chi connectivity index (χ0) is 39.2. The lowest BCUT2D eigenvalue weighted by molar-refractivity contribution is 0.361. The molecule has 0 N–H and O–H groups in total. The van der Waals surface area contributed by atoms with Gasteiger partial charge < -0.3 is 19.3 Å². The van der Waals surface area contributed by atoms with Gasteiger partial charge in [-0.05, 0) is 117 Å². The Bertz CT molecular complexity index is 2720. The molecule has 0 saturated heterocycles. The van der Waals surface area contributed by atoms with Crippen LogP contribution in [0.3, 0.4) is 0 Å². The van der Waals surface area contributed by atoms with Gasteiger partial charge in [0.15, 0.2) is 31.1 Å². The Labute approximate surface area is 345 Å². The molecule has 11 rings (SSSR count). The molecule has 0 unspecified atom stereocenters. The van der Waals surface area contributed by atoms with E-state index in [1.165, 1.54) is 26.3 Å². The van der Waals surface area contributed by atoms with Gasteiger partial charge in [-0.2, -0.15) is 0 Å². The number of rotatable bonds is 8. The first-order valence-electron chi connectivity index (χ1n) is 20.0. The second kappa shape index (κ2) is 14.4. The summed E-state index contributed by atoms with van der Waals surface area (Å²) in [6, 6.07) is 82.3. The number of ether oxygens (including phenoxy) is 2. The smallest absolute Gasteiger partial charge is 0.181 e. The lowest BCUT2D eigenvalue weighted by atomic mass is 10.0. The van der Waals surface area contributed by atoms with E-state index in [-0.39, 0.29) is 0 Å². The van der Waals surface area contributed by atoms with Crippen LogP contribution in [-0.4, -0.2) is 8.07 Å². The van der Waals surface area contributed by atoms with Gasteiger partial charge in [-0.15, -0.1) is 0 Å². The molecule has 0 aromatic heterocycles. The molecule has 0 saturated carbocycles. The summed E-state index contributed by atoms with van der Waals surface area (Å²) in [5.74, 6) is 2.96. The largest absolute Gasteiger partial charge is 0.449 e. The maximum Gasteiger partial charge on any atom is 0.181 e. The number of fused-ring (bicyclic) bond motifs is 6. The maximum absolute atomic E-state index is 6.82. The van der Waals surface area contributed by atoms with E-state index in [0.717, 1.165) is 62.7 Å². The molecule has 0 amide bonds. The molecule has 2 heterocycles. The van der Waals surface area contributed by atoms with Crippen molar-refractivity contribution in [2.24, 2.45) is 0 Å². The van der Waals surface area contributed by atoms with Crippen molar-refractivity contribution >= 4 is 62.9 Å². The van der Waals surface area contributed by atoms with Crippen molar-refractivity contribution in [2.75, 3.05) is 9.80 Å². The fourth-order valence-corrected chi connectivity index (χ4v) is 14.2. The van der Waals surface area contributed by atoms with Gasteiger partial charge in [-0.3, -0.25) is 0 Å². The summed E-state index contributed by atoms with van der Waals surface area (Å²) in [5, 5.41) is 5.20. The van der Waals surface area contributed by atoms with Crippen molar-refractivity contribution in [3.63, 3.8) is 0 Å². The molecule has 5 heteroatoms. The van der Waals surface area contributed by atoms with Gasteiger partial charge in [0.2, 0.25) is 0 Å². The fraction of sp³-hybridized carbons (Fsp3) is 0. The van der Waals surface area contributed by atoms with Crippen molar-refractivity contribution in [2.45, 2.75) is 0 Å². The topological polar surface area (TPSA) is 24.9 Å². The number of benzene rings is 9. The van der Waals surface area contributed by atoms with Crippen LogP contribution in [0.5, 0.6) is 23.0 Å². The second-order valence-corrected chi connectivity index (χ2v) is 18.6. The van der Waals surface area contributed by atoms with Gasteiger partial charge in [0.05, 0.1) is 0 Å². The van der Waals surface area contributed by atoms with E-state index in [1.54, 1.807) is 0 Å². The zero-order valence-electron chi connectivity index (χ0n) is 32.2. The predicted octanol–water partition coefficient (Wildman–Crippen LogP) is 11.9. The van der Waals surface area contributed by atoms with Crippen LogP contribution in [-0.2, 0) is 0 Å². The molecule has 0 radical (unpaired) electrons. The van der Waals surface area contributed by atoms with Crippen molar-refractivity contribution in [1.29, 1.82) is 0 Å². The van der Waals surface area contributed by atoms with Crippen molar-refractivity contribution in [3.05, 3.63) is 231 Å². The molecule has 0 aliphatic carbocycles. The summed E-state index contributed by atoms with van der Waals surface area (Å²) in [4.78, 5) is 4.65. The van der Waals surface area contributed by atoms with E-state index in [9.17, 15) is 0 Å². The quantitative estimate of drug-likeness (QED) is 0.144. The van der Waals surface area contributed by atoms with Gasteiger partial charge in [0.1, 0.15) is 0 Å². The highest BCUT2D eigenvalue weighted by Crippen LogP contribution is 2.50. The van der Waals surface area contributed by atoms with E-state index < -0.39 is 8.07 Å². The summed E-state index contributed by atoms with van der Waals surface area (Å²) in [5.41, 5.74) is 8.92. The molecule has 0 fully saturated rings. The van der Waals surface area contributed by atoms with Gasteiger partial charge in [0.25, 0.3) is 0 Å². The third kappa shape index (κ3) is 5.74. The molecule has 0 spiro atoms. The minimum absolute atomic E-state index is 0.725. The van der Waals surface area contributed by atoms with Crippen LogP contribution in [0.15, 0.2) is 231 Å². The van der Waals surface area contributed by atoms with Crippen LogP contribution in [0.25, 0.3) is 11.1 Å². The summed E-state index contributed by atoms with van der Waals surface area (Å²) < 4.78 is 13.4. The fourth-order valence-electron chi connectivity index (χ4n) is 9.06. The van der Waals surface area contributed by atoms with Crippen molar-refractivity contribution in [1.82, 2.24) is 0 Å². The number of para-hydroxylation sites is 6. The Balaban J connectivity index is 1.12. The number of hydrogen-bond donors (Lipinski definition) is 0. The lowest BCUT2D eigenvalue weighted by Gasteiger charge is -2.33. The van der Waals surface area contributed by atoms with Crippen LogP contribution in [0, 0.1) is 0 Å². The monoisotopic (exact) mass is 774 g/mol. The number of anilines is 6. The Kier molecular flexibility index (Phi) is 8.45. The van der Waals surface area contributed by atoms with E-state index >= 15 is 0 Å². The van der Waals surface area contributed by atoms with Crippen LogP contribution in [0.1, 0.15) is 0 Å². The SMILES string of the molecule is c1ccc(N(c2ccccc2)c2ccc([Si]3(c4ccc(N(c5ccccc5)c5ccccc5)cc4)c4ccccc4-c4c3ccc3c4Oc4ccccc4O3)cc2)cc1. The molecule has 0 atom stereocenters. The molecule has 2 aliphatic rings. The molecule has 2 aliphatic heterocycles. The van der Waals surface area contributed by atoms with Gasteiger partial charge >= 0.3 is 0 Å². The van der Waals surface area contributed by atoms with Gasteiger partial charge in [0, 0.05) is 39.7 Å². The first-order chi connectivity index (χ1) is 29.3.